The minimum atomic E-state index is -2.65. The Bertz CT molecular complexity index is 4950. The number of benzene rings is 4. The molecule has 6 N–H and O–H groups in total. The first-order chi connectivity index (χ1) is 52.5. The standard InChI is InChI=1S/C22H26N4O2.C21H22F2N4O.C21H24N4O2.C20H20F2N4O/c1-14-5-9-19(10-6-14)23-20-11-18(8-7-16(3)27)12-21(24-20)26-13-15(2)22(25-26)17(4)28;1-13-4-8-17(9-5-13)24-18-10-16(7-6-15(3)28)11-19(25-18)27-12-14(2)20(26-27)21(22)23;1-14-4-8-18(9-5-14)22-20-10-17(7-6-16(3)27)11-21(23-20)25-12-15(2)19(13-26)24-25;1-13-3-7-16(8-4-13)23-18-11-15(6-5-14(2)27)12-19(24-18)26-10-9-17(25-26)20(21)22/h5-6,9-13,17,28H,7-8H2,1-4H3,(H,23,24);4-5,8-12,21H,6-7H2,1-3H3,(H,24,25);4-5,8-12,26H,6-7,13H2,1-3H3,(H,22,23);3-4,7-12,20H,5-6H2,1-2H3,(H,23,24). The van der Waals surface area contributed by atoms with Crippen molar-refractivity contribution in [3.63, 3.8) is 0 Å². The van der Waals surface area contributed by atoms with E-state index in [0.717, 1.165) is 67.3 Å². The lowest BCUT2D eigenvalue weighted by molar-refractivity contribution is -0.117. The number of Topliss-reactive ketones (excluding diaryl/α,β-unsaturated/α-hetero) is 4. The number of aryl methyl sites for hydroxylation is 11. The first-order valence-corrected chi connectivity index (χ1v) is 35.9. The number of hydrogen-bond donors (Lipinski definition) is 6. The van der Waals surface area contributed by atoms with Crippen molar-refractivity contribution in [3.8, 4) is 23.3 Å². The Morgan fingerprint density at radius 3 is 0.927 bits per heavy atom. The molecule has 572 valence electrons. The molecule has 8 aromatic heterocycles. The van der Waals surface area contributed by atoms with Gasteiger partial charge in [-0.25, -0.2) is 56.2 Å². The van der Waals surface area contributed by atoms with E-state index in [4.69, 9.17) is 0 Å². The number of alkyl halides is 4. The van der Waals surface area contributed by atoms with Crippen LogP contribution in [0.1, 0.15) is 163 Å². The highest BCUT2D eigenvalue weighted by Crippen LogP contribution is 2.29. The lowest BCUT2D eigenvalue weighted by Gasteiger charge is -2.11. The minimum Gasteiger partial charge on any atom is -0.390 e. The number of carbonyl (C=O) groups excluding carboxylic acids is 4. The van der Waals surface area contributed by atoms with Crippen LogP contribution in [0.5, 0.6) is 0 Å². The smallest absolute Gasteiger partial charge is 0.282 e. The molecule has 0 amide bonds. The molecule has 0 spiro atoms. The second-order valence-corrected chi connectivity index (χ2v) is 27.3. The molecule has 0 radical (unpaired) electrons. The number of hydrogen-bond acceptors (Lipinski definition) is 18. The summed E-state index contributed by atoms with van der Waals surface area (Å²) in [6.07, 6.45) is 4.86. The summed E-state index contributed by atoms with van der Waals surface area (Å²) in [7, 11) is 0. The van der Waals surface area contributed by atoms with E-state index >= 15 is 0 Å². The van der Waals surface area contributed by atoms with Gasteiger partial charge in [-0.05, 0) is 251 Å². The van der Waals surface area contributed by atoms with Crippen molar-refractivity contribution in [2.24, 2.45) is 0 Å². The quantitative estimate of drug-likeness (QED) is 0.0249. The molecule has 0 saturated heterocycles. The van der Waals surface area contributed by atoms with E-state index in [0.29, 0.717) is 115 Å². The Balaban J connectivity index is 0.000000169. The predicted octanol–water partition coefficient (Wildman–Crippen LogP) is 17.7. The molecule has 0 aliphatic carbocycles. The van der Waals surface area contributed by atoms with Crippen LogP contribution in [0.4, 0.5) is 63.6 Å². The van der Waals surface area contributed by atoms with Gasteiger partial charge in [0.15, 0.2) is 23.3 Å². The Morgan fingerprint density at radius 1 is 0.382 bits per heavy atom. The van der Waals surface area contributed by atoms with Crippen molar-refractivity contribution >= 4 is 69.2 Å². The van der Waals surface area contributed by atoms with Crippen molar-refractivity contribution < 1.29 is 47.0 Å². The molecule has 110 heavy (non-hydrogen) atoms. The summed E-state index contributed by atoms with van der Waals surface area (Å²) >= 11 is 0. The largest absolute Gasteiger partial charge is 0.390 e. The van der Waals surface area contributed by atoms with Gasteiger partial charge in [-0.2, -0.15) is 20.4 Å². The second-order valence-electron chi connectivity index (χ2n) is 27.3. The van der Waals surface area contributed by atoms with Crippen molar-refractivity contribution in [1.82, 2.24) is 59.1 Å². The topological polar surface area (TPSA) is 280 Å². The normalized spacial score (nSPS) is 11.2. The van der Waals surface area contributed by atoms with Gasteiger partial charge in [-0.15, -0.1) is 0 Å². The summed E-state index contributed by atoms with van der Waals surface area (Å²) < 4.78 is 57.9. The van der Waals surface area contributed by atoms with Crippen LogP contribution in [0, 0.1) is 48.5 Å². The van der Waals surface area contributed by atoms with Gasteiger partial charge in [0.2, 0.25) is 0 Å². The van der Waals surface area contributed by atoms with Crippen LogP contribution in [0.3, 0.4) is 0 Å². The lowest BCUT2D eigenvalue weighted by Crippen LogP contribution is -2.05. The number of aliphatic hydroxyl groups is 2. The summed E-state index contributed by atoms with van der Waals surface area (Å²) in [5.41, 5.74) is 14.9. The predicted molar refractivity (Wildman–Crippen MR) is 420 cm³/mol. The molecule has 0 aliphatic heterocycles. The van der Waals surface area contributed by atoms with Crippen LogP contribution >= 0.6 is 0 Å². The number of rotatable bonds is 28. The maximum absolute atomic E-state index is 13.1. The van der Waals surface area contributed by atoms with Crippen LogP contribution in [0.15, 0.2) is 176 Å². The molecule has 12 aromatic rings. The zero-order chi connectivity index (χ0) is 79.3. The first-order valence-electron chi connectivity index (χ1n) is 35.9. The van der Waals surface area contributed by atoms with Crippen LogP contribution in [0.25, 0.3) is 23.3 Å². The Labute approximate surface area is 637 Å². The molecule has 26 heteroatoms. The van der Waals surface area contributed by atoms with Gasteiger partial charge in [0, 0.05) is 73.2 Å². The summed E-state index contributed by atoms with van der Waals surface area (Å²) in [6.45, 7) is 21.4. The third-order valence-electron chi connectivity index (χ3n) is 17.2. The lowest BCUT2D eigenvalue weighted by atomic mass is 10.1. The van der Waals surface area contributed by atoms with E-state index in [1.54, 1.807) is 56.1 Å². The molecule has 4 aromatic carbocycles. The fraction of sp³-hybridized carbons (Fsp3) is 0.286. The number of pyridine rings is 4. The number of aromatic nitrogens is 12. The molecule has 22 nitrogen and oxygen atoms in total. The van der Waals surface area contributed by atoms with E-state index in [2.05, 4.69) is 61.6 Å². The molecule has 12 rings (SSSR count). The fourth-order valence-electron chi connectivity index (χ4n) is 11.2. The highest BCUT2D eigenvalue weighted by Gasteiger charge is 2.20. The monoisotopic (exact) mass is 1500 g/mol. The summed E-state index contributed by atoms with van der Waals surface area (Å²) in [6, 6.07) is 48.1. The summed E-state index contributed by atoms with van der Waals surface area (Å²) in [5, 5.41) is 49.1. The number of halogens is 4. The zero-order valence-electron chi connectivity index (χ0n) is 63.7. The first kappa shape index (κ1) is 81.9. The van der Waals surface area contributed by atoms with Crippen molar-refractivity contribution in [1.29, 1.82) is 0 Å². The van der Waals surface area contributed by atoms with Gasteiger partial charge in [-0.3, -0.25) is 0 Å². The molecule has 8 heterocycles. The fourth-order valence-corrected chi connectivity index (χ4v) is 11.2. The zero-order valence-corrected chi connectivity index (χ0v) is 63.7. The van der Waals surface area contributed by atoms with Crippen LogP contribution in [-0.2, 0) is 51.5 Å². The highest BCUT2D eigenvalue weighted by molar-refractivity contribution is 5.77. The number of anilines is 8. The van der Waals surface area contributed by atoms with Gasteiger partial charge < -0.3 is 50.7 Å². The molecule has 1 unspecified atom stereocenters. The van der Waals surface area contributed by atoms with Crippen LogP contribution in [-0.4, -0.2) is 92.4 Å². The van der Waals surface area contributed by atoms with Gasteiger partial charge in [0.25, 0.3) is 12.9 Å². The van der Waals surface area contributed by atoms with E-state index < -0.39 is 19.0 Å². The van der Waals surface area contributed by atoms with E-state index in [-0.39, 0.29) is 41.1 Å². The van der Waals surface area contributed by atoms with Gasteiger partial charge in [0.05, 0.1) is 24.1 Å². The minimum absolute atomic E-state index is 0.0838. The van der Waals surface area contributed by atoms with Crippen LogP contribution in [0.2, 0.25) is 0 Å². The highest BCUT2D eigenvalue weighted by atomic mass is 19.3. The number of nitrogens with one attached hydrogen (secondary N) is 4. The van der Waals surface area contributed by atoms with E-state index in [9.17, 15) is 47.0 Å². The molecule has 1 atom stereocenters. The molecule has 0 bridgehead atoms. The maximum Gasteiger partial charge on any atom is 0.282 e. The molecule has 0 fully saturated rings. The number of carbonyl (C=O) groups is 4. The van der Waals surface area contributed by atoms with Gasteiger partial charge in [-0.1, -0.05) is 70.8 Å². The van der Waals surface area contributed by atoms with Crippen molar-refractivity contribution in [2.75, 3.05) is 21.3 Å². The Hall–Kier alpha value is -12.2. The molecule has 0 saturated carbocycles. The number of ketones is 4. The van der Waals surface area contributed by atoms with Crippen molar-refractivity contribution in [3.05, 3.63) is 260 Å². The number of aliphatic hydroxyl groups excluding tert-OH is 2. The van der Waals surface area contributed by atoms with Crippen molar-refractivity contribution in [2.45, 2.75) is 160 Å². The summed E-state index contributed by atoms with van der Waals surface area (Å²) in [4.78, 5) is 63.9. The third-order valence-corrected chi connectivity index (χ3v) is 17.2. The second kappa shape index (κ2) is 38.6. The van der Waals surface area contributed by atoms with E-state index in [1.165, 1.54) is 45.9 Å². The molecule has 0 aliphatic rings. The SMILES string of the molecule is CC(=O)CCc1cc(Nc2ccc(C)cc2)nc(-n2cc(C)c(C(C)O)n2)c1.CC(=O)CCc1cc(Nc2ccc(C)cc2)nc(-n2cc(C)c(C(F)F)n2)c1.CC(=O)CCc1cc(Nc2ccc(C)cc2)nc(-n2cc(C)c(CO)n2)c1.CC(=O)CCc1cc(Nc2ccc(C)cc2)nc(-n2ccc(C(F)F)n2)c1. The molecular formula is C84H92F4N16O6. The van der Waals surface area contributed by atoms with E-state index in [1.807, 2.05) is 187 Å². The number of nitrogens with zero attached hydrogens (tertiary/aromatic N) is 12. The van der Waals surface area contributed by atoms with Crippen LogP contribution < -0.4 is 21.3 Å². The molecular weight excluding hydrogens is 1410 g/mol. The Kier molecular flexibility index (Phi) is 28.7. The van der Waals surface area contributed by atoms with Gasteiger partial charge in [0.1, 0.15) is 57.8 Å². The average molecular weight is 1500 g/mol. The Morgan fingerprint density at radius 2 is 0.673 bits per heavy atom. The average Bonchev–Trinajstić information content (AvgIpc) is 1.67. The van der Waals surface area contributed by atoms with Gasteiger partial charge >= 0.3 is 0 Å². The summed E-state index contributed by atoms with van der Waals surface area (Å²) in [5.74, 6) is 5.09. The third kappa shape index (κ3) is 24.7. The maximum atomic E-state index is 13.1.